The van der Waals surface area contributed by atoms with Gasteiger partial charge in [0.25, 0.3) is 11.8 Å². The van der Waals surface area contributed by atoms with Crippen LogP contribution in [0.1, 0.15) is 31.9 Å². The number of hydrogen-bond acceptors (Lipinski definition) is 12. The summed E-state index contributed by atoms with van der Waals surface area (Å²) in [5, 5.41) is 38.6. The number of H-pyrrole nitrogens is 1. The molecule has 2 amide bonds. The number of nitrogens with zero attached hydrogens (tertiary/aromatic N) is 5. The Morgan fingerprint density at radius 1 is 1.39 bits per heavy atom. The monoisotopic (exact) mass is 563 g/mol. The zero-order valence-corrected chi connectivity index (χ0v) is 21.3. The molecule has 2 aromatic heterocycles. The molecule has 200 valence electrons. The van der Waals surface area contributed by atoms with Gasteiger partial charge in [0, 0.05) is 23.8 Å². The molecule has 0 bridgehead atoms. The Morgan fingerprint density at radius 3 is 2.76 bits per heavy atom. The Kier molecular flexibility index (Phi) is 6.87. The standard InChI is InChI=1S/C21H21N7O8S2/c1-9(38-20-23-26-27-24-20)10-8-37-17-13(16(30)28(17)14(10)18(31)32)22-15(29)12(11-4-2-7-35-11)25-36-21(19(33)34)5-3-6-21/h2,4,7,9,13,17H,3,5-6,8H2,1H3,(H,22,29)(H,31,32)(H,33,34)(H,23,24,26,27)/t9?,13-,17-/m1/s1. The van der Waals surface area contributed by atoms with Crippen LogP contribution in [0.25, 0.3) is 0 Å². The highest BCUT2D eigenvalue weighted by Gasteiger charge is 2.55. The number of carboxylic acids is 2. The highest BCUT2D eigenvalue weighted by molar-refractivity contribution is 8.01. The number of aliphatic carboxylic acids is 2. The zero-order valence-electron chi connectivity index (χ0n) is 19.7. The van der Waals surface area contributed by atoms with Gasteiger partial charge in [0.05, 0.1) is 6.26 Å². The van der Waals surface area contributed by atoms with E-state index in [4.69, 9.17) is 9.25 Å². The average molecular weight is 564 g/mol. The summed E-state index contributed by atoms with van der Waals surface area (Å²) in [4.78, 5) is 56.5. The maximum Gasteiger partial charge on any atom is 0.352 e. The van der Waals surface area contributed by atoms with Gasteiger partial charge in [-0.2, -0.15) is 0 Å². The number of furan rings is 1. The van der Waals surface area contributed by atoms with Crippen LogP contribution in [0, 0.1) is 0 Å². The molecule has 2 aromatic rings. The number of rotatable bonds is 10. The number of aromatic amines is 1. The van der Waals surface area contributed by atoms with E-state index >= 15 is 0 Å². The van der Waals surface area contributed by atoms with Crippen LogP contribution in [0.4, 0.5) is 0 Å². The molecule has 15 nitrogen and oxygen atoms in total. The van der Waals surface area contributed by atoms with Gasteiger partial charge in [-0.1, -0.05) is 16.9 Å². The van der Waals surface area contributed by atoms with Gasteiger partial charge < -0.3 is 24.8 Å². The van der Waals surface area contributed by atoms with E-state index in [-0.39, 0.29) is 35.3 Å². The van der Waals surface area contributed by atoms with Crippen LogP contribution >= 0.6 is 23.5 Å². The molecule has 1 saturated carbocycles. The summed E-state index contributed by atoms with van der Waals surface area (Å²) < 4.78 is 5.27. The van der Waals surface area contributed by atoms with Crippen molar-refractivity contribution in [1.29, 1.82) is 0 Å². The maximum absolute atomic E-state index is 13.2. The molecule has 1 aliphatic carbocycles. The van der Waals surface area contributed by atoms with Gasteiger partial charge in [-0.25, -0.2) is 14.7 Å². The van der Waals surface area contributed by atoms with Crippen molar-refractivity contribution in [2.24, 2.45) is 5.16 Å². The Bertz CT molecular complexity index is 1320. The zero-order chi connectivity index (χ0) is 27.0. The predicted octanol–water partition coefficient (Wildman–Crippen LogP) is 0.440. The number of nitrogens with one attached hydrogen (secondary N) is 2. The van der Waals surface area contributed by atoms with Crippen molar-refractivity contribution in [3.63, 3.8) is 0 Å². The van der Waals surface area contributed by atoms with E-state index in [0.717, 1.165) is 4.90 Å². The molecule has 1 saturated heterocycles. The lowest BCUT2D eigenvalue weighted by atomic mass is 9.80. The van der Waals surface area contributed by atoms with Crippen LogP contribution in [0.2, 0.25) is 0 Å². The fraction of sp³-hybridized carbons (Fsp3) is 0.429. The van der Waals surface area contributed by atoms with E-state index in [1.54, 1.807) is 6.92 Å². The van der Waals surface area contributed by atoms with Crippen molar-refractivity contribution in [2.45, 2.75) is 53.6 Å². The van der Waals surface area contributed by atoms with Gasteiger partial charge in [0.1, 0.15) is 17.1 Å². The lowest BCUT2D eigenvalue weighted by Gasteiger charge is -2.49. The fourth-order valence-electron chi connectivity index (χ4n) is 4.19. The molecular formula is C21H21N7O8S2. The number of carbonyl (C=O) groups excluding carboxylic acids is 2. The van der Waals surface area contributed by atoms with Gasteiger partial charge in [0.2, 0.25) is 16.5 Å². The highest BCUT2D eigenvalue weighted by Crippen LogP contribution is 2.43. The molecule has 3 atom stereocenters. The molecule has 0 aromatic carbocycles. The maximum atomic E-state index is 13.2. The van der Waals surface area contributed by atoms with Crippen molar-refractivity contribution >= 4 is 53.0 Å². The summed E-state index contributed by atoms with van der Waals surface area (Å²) >= 11 is 2.52. The summed E-state index contributed by atoms with van der Waals surface area (Å²) in [6.45, 7) is 1.79. The van der Waals surface area contributed by atoms with E-state index < -0.39 is 40.8 Å². The minimum absolute atomic E-state index is 0.0171. The van der Waals surface area contributed by atoms with Gasteiger partial charge in [0.15, 0.2) is 5.76 Å². The number of hydrogen-bond donors (Lipinski definition) is 4. The summed E-state index contributed by atoms with van der Waals surface area (Å²) in [6, 6.07) is 1.92. The fourth-order valence-corrected chi connectivity index (χ4v) is 6.62. The number of carbonyl (C=O) groups is 4. The van der Waals surface area contributed by atoms with Gasteiger partial charge in [-0.15, -0.1) is 16.9 Å². The highest BCUT2D eigenvalue weighted by atomic mass is 32.2. The lowest BCUT2D eigenvalue weighted by molar-refractivity contribution is -0.178. The smallest absolute Gasteiger partial charge is 0.352 e. The predicted molar refractivity (Wildman–Crippen MR) is 130 cm³/mol. The van der Waals surface area contributed by atoms with Gasteiger partial charge >= 0.3 is 11.9 Å². The molecule has 5 rings (SSSR count). The van der Waals surface area contributed by atoms with E-state index in [1.165, 1.54) is 41.9 Å². The Hall–Kier alpha value is -3.86. The van der Waals surface area contributed by atoms with E-state index in [1.807, 2.05) is 0 Å². The number of tetrazole rings is 1. The average Bonchev–Trinajstić information content (AvgIpc) is 3.57. The van der Waals surface area contributed by atoms with E-state index in [0.29, 0.717) is 22.9 Å². The Labute approximate surface area is 222 Å². The van der Waals surface area contributed by atoms with Crippen molar-refractivity contribution in [1.82, 2.24) is 30.8 Å². The van der Waals surface area contributed by atoms with Crippen LogP contribution in [0.15, 0.2) is 44.4 Å². The van der Waals surface area contributed by atoms with Crippen LogP contribution in [0.5, 0.6) is 0 Å². The van der Waals surface area contributed by atoms with Crippen molar-refractivity contribution < 1.29 is 38.6 Å². The number of aromatic nitrogens is 4. The van der Waals surface area contributed by atoms with Crippen LogP contribution < -0.4 is 5.32 Å². The van der Waals surface area contributed by atoms with E-state index in [9.17, 15) is 29.4 Å². The summed E-state index contributed by atoms with van der Waals surface area (Å²) in [7, 11) is 0. The van der Waals surface area contributed by atoms with Crippen LogP contribution in [0.3, 0.4) is 0 Å². The number of carboxylic acid groups (broad SMARTS) is 2. The first-order valence-corrected chi connectivity index (χ1v) is 13.3. The first-order valence-electron chi connectivity index (χ1n) is 11.4. The van der Waals surface area contributed by atoms with Gasteiger partial charge in [-0.3, -0.25) is 14.5 Å². The van der Waals surface area contributed by atoms with Crippen LogP contribution in [-0.2, 0) is 24.0 Å². The van der Waals surface area contributed by atoms with Crippen molar-refractivity contribution in [3.05, 3.63) is 35.4 Å². The largest absolute Gasteiger partial charge is 0.478 e. The molecule has 4 heterocycles. The molecule has 3 aliphatic rings. The van der Waals surface area contributed by atoms with Crippen LogP contribution in [-0.4, -0.2) is 93.2 Å². The molecular weight excluding hydrogens is 542 g/mol. The third-order valence-corrected chi connectivity index (χ3v) is 8.76. The summed E-state index contributed by atoms with van der Waals surface area (Å²) in [6.07, 6.45) is 2.43. The lowest BCUT2D eigenvalue weighted by Crippen LogP contribution is -2.71. The molecule has 38 heavy (non-hydrogen) atoms. The second-order valence-corrected chi connectivity index (χ2v) is 11.1. The molecule has 17 heteroatoms. The Morgan fingerprint density at radius 2 is 2.18 bits per heavy atom. The third-order valence-electron chi connectivity index (χ3n) is 6.42. The second-order valence-electron chi connectivity index (χ2n) is 8.67. The molecule has 1 unspecified atom stereocenters. The number of oxime groups is 1. The van der Waals surface area contributed by atoms with Crippen molar-refractivity contribution in [2.75, 3.05) is 5.75 Å². The molecule has 0 radical (unpaired) electrons. The quantitative estimate of drug-likeness (QED) is 0.134. The molecule has 0 spiro atoms. The van der Waals surface area contributed by atoms with Gasteiger partial charge in [-0.05, 0) is 41.5 Å². The number of β-lactam (4-membered cyclic amide) rings is 1. The summed E-state index contributed by atoms with van der Waals surface area (Å²) in [5.41, 5.74) is -1.48. The SMILES string of the molecule is CC(Sc1nnn[nH]1)C1=C(C(=O)O)N2C(=O)[C@@H](NC(=O)C(=NOC3(C(=O)O)CCC3)c3ccco3)[C@H]2SC1. The van der Waals surface area contributed by atoms with E-state index in [2.05, 4.69) is 31.1 Å². The molecule has 4 N–H and O–H groups in total. The minimum Gasteiger partial charge on any atom is -0.478 e. The first-order chi connectivity index (χ1) is 18.2. The van der Waals surface area contributed by atoms with Crippen molar-refractivity contribution in [3.8, 4) is 0 Å². The number of amides is 2. The normalized spacial score (nSPS) is 23.1. The molecule has 2 aliphatic heterocycles. The first kappa shape index (κ1) is 25.8. The minimum atomic E-state index is -1.52. The second kappa shape index (κ2) is 10.1. The topological polar surface area (TPSA) is 213 Å². The number of fused-ring (bicyclic) bond motifs is 1. The number of thioether (sulfide) groups is 2. The third kappa shape index (κ3) is 4.51. The molecule has 2 fully saturated rings. The Balaban J connectivity index is 1.34. The summed E-state index contributed by atoms with van der Waals surface area (Å²) in [5.74, 6) is -3.58.